The maximum absolute atomic E-state index is 13.3. The third-order valence-electron chi connectivity index (χ3n) is 6.22. The lowest BCUT2D eigenvalue weighted by molar-refractivity contribution is 0.244. The number of anilines is 1. The first-order chi connectivity index (χ1) is 16.9. The Kier molecular flexibility index (Phi) is 6.14. The summed E-state index contributed by atoms with van der Waals surface area (Å²) in [5, 5.41) is 7.99. The fraction of sp³-hybridized carbons (Fsp3) is 0.179. The van der Waals surface area contributed by atoms with Gasteiger partial charge in [0.25, 0.3) is 5.89 Å². The molecule has 1 unspecified atom stereocenters. The van der Waals surface area contributed by atoms with E-state index in [4.69, 9.17) is 21.1 Å². The number of urea groups is 1. The van der Waals surface area contributed by atoms with Crippen LogP contribution in [0.4, 0.5) is 10.5 Å². The Labute approximate surface area is 209 Å². The van der Waals surface area contributed by atoms with Gasteiger partial charge in [-0.05, 0) is 61.7 Å². The molecule has 1 aliphatic rings. The molecule has 3 aromatic carbocycles. The number of nitrogens with one attached hydrogen (secondary N) is 1. The smallest absolute Gasteiger partial charge is 0.326 e. The Bertz CT molecular complexity index is 1410. The number of aryl methyl sites for hydroxylation is 2. The number of hydrogen-bond donors (Lipinski definition) is 1. The SMILES string of the molecule is CCc1ccc(C2NC(=O)N(c3ccc(Cl)cc3)C(C)=C2c2nc(-c3cccc(C)c3)no2)cc1. The third kappa shape index (κ3) is 4.45. The highest BCUT2D eigenvalue weighted by Gasteiger charge is 2.36. The van der Waals surface area contributed by atoms with Crippen molar-refractivity contribution >= 4 is 28.9 Å². The molecule has 6 nitrogen and oxygen atoms in total. The standard InChI is InChI=1S/C28H25ClN4O2/c1-4-19-8-10-20(11-9-19)25-24(27-31-26(32-35-27)21-7-5-6-17(2)16-21)18(3)33(28(34)30-25)23-14-12-22(29)13-15-23/h5-16,25H,4H2,1-3H3,(H,30,34). The molecule has 0 fully saturated rings. The zero-order valence-corrected chi connectivity index (χ0v) is 20.5. The van der Waals surface area contributed by atoms with Gasteiger partial charge in [-0.3, -0.25) is 4.90 Å². The number of carbonyl (C=O) groups is 1. The van der Waals surface area contributed by atoms with Crippen LogP contribution >= 0.6 is 11.6 Å². The van der Waals surface area contributed by atoms with Crippen LogP contribution in [-0.2, 0) is 6.42 Å². The molecule has 0 radical (unpaired) electrons. The molecule has 2 amide bonds. The highest BCUT2D eigenvalue weighted by atomic mass is 35.5. The fourth-order valence-electron chi connectivity index (χ4n) is 4.35. The van der Waals surface area contributed by atoms with Crippen molar-refractivity contribution in [2.24, 2.45) is 0 Å². The predicted molar refractivity (Wildman–Crippen MR) is 138 cm³/mol. The molecule has 0 saturated carbocycles. The number of aromatic nitrogens is 2. The maximum Gasteiger partial charge on any atom is 0.326 e. The van der Waals surface area contributed by atoms with Gasteiger partial charge in [-0.25, -0.2) is 4.79 Å². The molecule has 1 atom stereocenters. The number of hydrogen-bond acceptors (Lipinski definition) is 4. The Hall–Kier alpha value is -3.90. The van der Waals surface area contributed by atoms with Gasteiger partial charge in [-0.2, -0.15) is 4.98 Å². The van der Waals surface area contributed by atoms with Crippen LogP contribution in [-0.4, -0.2) is 16.2 Å². The summed E-state index contributed by atoms with van der Waals surface area (Å²) in [7, 11) is 0. The molecule has 35 heavy (non-hydrogen) atoms. The lowest BCUT2D eigenvalue weighted by Crippen LogP contribution is -2.46. The first-order valence-corrected chi connectivity index (χ1v) is 11.9. The molecule has 4 aromatic rings. The van der Waals surface area contributed by atoms with Crippen molar-refractivity contribution in [3.63, 3.8) is 0 Å². The van der Waals surface area contributed by atoms with Crippen molar-refractivity contribution in [1.29, 1.82) is 0 Å². The number of rotatable bonds is 5. The summed E-state index contributed by atoms with van der Waals surface area (Å²) in [5.41, 5.74) is 6.29. The van der Waals surface area contributed by atoms with Gasteiger partial charge in [0.2, 0.25) is 5.82 Å². The molecular weight excluding hydrogens is 460 g/mol. The molecule has 1 N–H and O–H groups in total. The molecular formula is C28H25ClN4O2. The summed E-state index contributed by atoms with van der Waals surface area (Å²) >= 11 is 6.08. The molecule has 1 aromatic heterocycles. The van der Waals surface area contributed by atoms with E-state index >= 15 is 0 Å². The normalized spacial score (nSPS) is 15.9. The van der Waals surface area contributed by atoms with Gasteiger partial charge in [0.1, 0.15) is 0 Å². The zero-order chi connectivity index (χ0) is 24.5. The van der Waals surface area contributed by atoms with Crippen LogP contribution in [0.3, 0.4) is 0 Å². The predicted octanol–water partition coefficient (Wildman–Crippen LogP) is 6.96. The van der Waals surface area contributed by atoms with Crippen LogP contribution in [0.2, 0.25) is 5.02 Å². The number of halogens is 1. The minimum absolute atomic E-state index is 0.239. The van der Waals surface area contributed by atoms with Crippen molar-refractivity contribution in [3.05, 3.63) is 106 Å². The van der Waals surface area contributed by atoms with E-state index in [2.05, 4.69) is 29.5 Å². The van der Waals surface area contributed by atoms with Gasteiger partial charge in [-0.15, -0.1) is 0 Å². The molecule has 0 aliphatic carbocycles. The zero-order valence-electron chi connectivity index (χ0n) is 19.7. The molecule has 176 valence electrons. The van der Waals surface area contributed by atoms with Crippen molar-refractivity contribution in [1.82, 2.24) is 15.5 Å². The second-order valence-corrected chi connectivity index (χ2v) is 9.02. The minimum Gasteiger partial charge on any atom is -0.334 e. The molecule has 2 heterocycles. The van der Waals surface area contributed by atoms with Crippen molar-refractivity contribution in [2.75, 3.05) is 4.90 Å². The minimum atomic E-state index is -0.442. The fourth-order valence-corrected chi connectivity index (χ4v) is 4.48. The van der Waals surface area contributed by atoms with Gasteiger partial charge in [0, 0.05) is 16.3 Å². The molecule has 0 spiro atoms. The maximum atomic E-state index is 13.3. The first-order valence-electron chi connectivity index (χ1n) is 11.5. The number of nitrogens with zero attached hydrogens (tertiary/aromatic N) is 3. The highest BCUT2D eigenvalue weighted by molar-refractivity contribution is 6.30. The number of allylic oxidation sites excluding steroid dienone is 1. The second kappa shape index (κ2) is 9.39. The Morgan fingerprint density at radius 1 is 1.03 bits per heavy atom. The Morgan fingerprint density at radius 3 is 2.46 bits per heavy atom. The third-order valence-corrected chi connectivity index (χ3v) is 6.48. The number of carbonyl (C=O) groups excluding carboxylic acids is 1. The van der Waals surface area contributed by atoms with Gasteiger partial charge >= 0.3 is 6.03 Å². The number of amides is 2. The largest absolute Gasteiger partial charge is 0.334 e. The summed E-state index contributed by atoms with van der Waals surface area (Å²) in [4.78, 5) is 19.7. The van der Waals surface area contributed by atoms with Gasteiger partial charge < -0.3 is 9.84 Å². The summed E-state index contributed by atoms with van der Waals surface area (Å²) in [6.45, 7) is 6.03. The first kappa shape index (κ1) is 22.9. The molecule has 0 bridgehead atoms. The van der Waals surface area contributed by atoms with Crippen molar-refractivity contribution in [2.45, 2.75) is 33.2 Å². The molecule has 0 saturated heterocycles. The molecule has 5 rings (SSSR count). The summed E-state index contributed by atoms with van der Waals surface area (Å²) in [6, 6.07) is 22.6. The highest BCUT2D eigenvalue weighted by Crippen LogP contribution is 2.39. The van der Waals surface area contributed by atoms with E-state index < -0.39 is 6.04 Å². The second-order valence-electron chi connectivity index (χ2n) is 8.58. The quantitative estimate of drug-likeness (QED) is 0.332. The van der Waals surface area contributed by atoms with Crippen LogP contribution < -0.4 is 10.2 Å². The average Bonchev–Trinajstić information content (AvgIpc) is 3.35. The summed E-state index contributed by atoms with van der Waals surface area (Å²) in [5.74, 6) is 0.863. The summed E-state index contributed by atoms with van der Waals surface area (Å²) < 4.78 is 5.79. The lowest BCUT2D eigenvalue weighted by atomic mass is 9.93. The van der Waals surface area contributed by atoms with Gasteiger partial charge in [0.15, 0.2) is 0 Å². The summed E-state index contributed by atoms with van der Waals surface area (Å²) in [6.07, 6.45) is 0.937. The van der Waals surface area contributed by atoms with E-state index in [9.17, 15) is 4.79 Å². The topological polar surface area (TPSA) is 71.3 Å². The van der Waals surface area contributed by atoms with E-state index in [0.717, 1.165) is 28.7 Å². The van der Waals surface area contributed by atoms with E-state index in [-0.39, 0.29) is 6.03 Å². The molecule has 7 heteroatoms. The molecule has 1 aliphatic heterocycles. The van der Waals surface area contributed by atoms with Gasteiger partial charge in [-0.1, -0.05) is 71.7 Å². The van der Waals surface area contributed by atoms with Gasteiger partial charge in [0.05, 0.1) is 17.3 Å². The van der Waals surface area contributed by atoms with Crippen LogP contribution in [0, 0.1) is 6.92 Å². The number of benzene rings is 3. The van der Waals surface area contributed by atoms with Crippen LogP contribution in [0.5, 0.6) is 0 Å². The van der Waals surface area contributed by atoms with E-state index in [1.165, 1.54) is 5.56 Å². The lowest BCUT2D eigenvalue weighted by Gasteiger charge is -2.35. The average molecular weight is 485 g/mol. The van der Waals surface area contributed by atoms with E-state index in [0.29, 0.717) is 28.1 Å². The van der Waals surface area contributed by atoms with Crippen LogP contribution in [0.1, 0.15) is 42.5 Å². The van der Waals surface area contributed by atoms with Crippen molar-refractivity contribution < 1.29 is 9.32 Å². The Morgan fingerprint density at radius 2 is 1.77 bits per heavy atom. The van der Waals surface area contributed by atoms with Crippen LogP contribution in [0.25, 0.3) is 17.0 Å². The van der Waals surface area contributed by atoms with E-state index in [1.807, 2.05) is 62.4 Å². The Balaban J connectivity index is 1.64. The van der Waals surface area contributed by atoms with Crippen molar-refractivity contribution in [3.8, 4) is 11.4 Å². The monoisotopic (exact) mass is 484 g/mol. The van der Waals surface area contributed by atoms with E-state index in [1.54, 1.807) is 17.0 Å². The van der Waals surface area contributed by atoms with Crippen LogP contribution in [0.15, 0.2) is 83.0 Å².